The van der Waals surface area contributed by atoms with E-state index in [1.165, 1.54) is 19.3 Å². The lowest BCUT2D eigenvalue weighted by Gasteiger charge is -1.99. The Balaban J connectivity index is 3.00. The summed E-state index contributed by atoms with van der Waals surface area (Å²) in [6.45, 7) is 5.71. The van der Waals surface area contributed by atoms with Crippen LogP contribution in [-0.4, -0.2) is 19.3 Å². The molecule has 0 saturated carbocycles. The number of ether oxygens (including phenoxy) is 1. The number of hydrogen-bond acceptors (Lipinski definition) is 2. The second kappa shape index (κ2) is 8.75. The molecule has 0 bridgehead atoms. The van der Waals surface area contributed by atoms with Crippen LogP contribution in [-0.2, 0) is 4.74 Å². The van der Waals surface area contributed by atoms with E-state index in [1.54, 1.807) is 0 Å². The summed E-state index contributed by atoms with van der Waals surface area (Å²) in [6, 6.07) is 0.143. The minimum atomic E-state index is 0.143. The first-order valence-corrected chi connectivity index (χ1v) is 4.77. The Labute approximate surface area is 75.8 Å². The van der Waals surface area contributed by atoms with Gasteiger partial charge in [0.05, 0.1) is 6.61 Å². The van der Waals surface area contributed by atoms with Crippen molar-refractivity contribution in [1.82, 2.24) is 0 Å². The normalized spacial score (nSPS) is 13.9. The Morgan fingerprint density at radius 1 is 1.42 bits per heavy atom. The van der Waals surface area contributed by atoms with E-state index in [-0.39, 0.29) is 6.04 Å². The van der Waals surface area contributed by atoms with Crippen molar-refractivity contribution in [2.75, 3.05) is 13.2 Å². The summed E-state index contributed by atoms with van der Waals surface area (Å²) in [5.41, 5.74) is 5.51. The van der Waals surface area contributed by atoms with Gasteiger partial charge >= 0.3 is 0 Å². The zero-order valence-electron chi connectivity index (χ0n) is 8.25. The minimum absolute atomic E-state index is 0.143. The molecule has 0 rings (SSSR count). The number of nitrogens with two attached hydrogens (primary N) is 1. The molecule has 0 aliphatic heterocycles. The molecular formula is C10H21NO. The van der Waals surface area contributed by atoms with Gasteiger partial charge in [-0.2, -0.15) is 0 Å². The fourth-order valence-electron chi connectivity index (χ4n) is 0.876. The van der Waals surface area contributed by atoms with E-state index >= 15 is 0 Å². The van der Waals surface area contributed by atoms with E-state index in [0.717, 1.165) is 6.61 Å². The molecule has 1 atom stereocenters. The van der Waals surface area contributed by atoms with E-state index in [2.05, 4.69) is 6.92 Å². The Bertz CT molecular complexity index is 110. The van der Waals surface area contributed by atoms with E-state index < -0.39 is 0 Å². The summed E-state index contributed by atoms with van der Waals surface area (Å²) in [5, 5.41) is 0. The lowest BCUT2D eigenvalue weighted by molar-refractivity contribution is 0.157. The van der Waals surface area contributed by atoms with Crippen LogP contribution in [0.5, 0.6) is 0 Å². The van der Waals surface area contributed by atoms with Gasteiger partial charge in [-0.15, -0.1) is 0 Å². The summed E-state index contributed by atoms with van der Waals surface area (Å²) < 4.78 is 5.34. The first-order valence-electron chi connectivity index (χ1n) is 4.77. The zero-order valence-corrected chi connectivity index (χ0v) is 8.25. The smallest absolute Gasteiger partial charge is 0.0648 e. The highest BCUT2D eigenvalue weighted by Gasteiger charge is 1.86. The molecule has 0 aromatic heterocycles. The van der Waals surface area contributed by atoms with Crippen LogP contribution in [0.15, 0.2) is 12.2 Å². The molecule has 0 radical (unpaired) electrons. The van der Waals surface area contributed by atoms with Gasteiger partial charge in [-0.1, -0.05) is 31.9 Å². The van der Waals surface area contributed by atoms with Gasteiger partial charge in [-0.25, -0.2) is 0 Å². The molecule has 0 saturated heterocycles. The SMILES string of the molecule is CCCCCOC/C=C/C(C)N. The third-order valence-electron chi connectivity index (χ3n) is 1.55. The molecule has 2 heteroatoms. The monoisotopic (exact) mass is 171 g/mol. The second-order valence-corrected chi connectivity index (χ2v) is 3.07. The van der Waals surface area contributed by atoms with Crippen molar-refractivity contribution >= 4 is 0 Å². The molecule has 0 aromatic carbocycles. The molecule has 0 aliphatic carbocycles. The maximum Gasteiger partial charge on any atom is 0.0648 e. The average Bonchev–Trinajstić information content (AvgIpc) is 2.02. The van der Waals surface area contributed by atoms with Gasteiger partial charge in [-0.05, 0) is 13.3 Å². The van der Waals surface area contributed by atoms with Gasteiger partial charge in [0.1, 0.15) is 0 Å². The first-order chi connectivity index (χ1) is 5.77. The van der Waals surface area contributed by atoms with Crippen LogP contribution in [0.25, 0.3) is 0 Å². The third kappa shape index (κ3) is 9.66. The van der Waals surface area contributed by atoms with Crippen molar-refractivity contribution in [3.8, 4) is 0 Å². The van der Waals surface area contributed by atoms with Crippen molar-refractivity contribution in [1.29, 1.82) is 0 Å². The second-order valence-electron chi connectivity index (χ2n) is 3.07. The zero-order chi connectivity index (χ0) is 9.23. The standard InChI is InChI=1S/C10H21NO/c1-3-4-5-8-12-9-6-7-10(2)11/h6-7,10H,3-5,8-9,11H2,1-2H3/b7-6+. The van der Waals surface area contributed by atoms with Gasteiger partial charge in [0, 0.05) is 12.6 Å². The molecule has 0 spiro atoms. The molecule has 0 aromatic rings. The lowest BCUT2D eigenvalue weighted by Crippen LogP contribution is -2.10. The van der Waals surface area contributed by atoms with E-state index in [9.17, 15) is 0 Å². The fourth-order valence-corrected chi connectivity index (χ4v) is 0.876. The van der Waals surface area contributed by atoms with Crippen LogP contribution < -0.4 is 5.73 Å². The van der Waals surface area contributed by atoms with E-state index in [4.69, 9.17) is 10.5 Å². The third-order valence-corrected chi connectivity index (χ3v) is 1.55. The maximum absolute atomic E-state index is 5.51. The Morgan fingerprint density at radius 2 is 2.17 bits per heavy atom. The van der Waals surface area contributed by atoms with Crippen molar-refractivity contribution in [2.24, 2.45) is 5.73 Å². The molecule has 0 amide bonds. The molecule has 0 heterocycles. The van der Waals surface area contributed by atoms with Crippen molar-refractivity contribution < 1.29 is 4.74 Å². The molecule has 2 nitrogen and oxygen atoms in total. The molecule has 2 N–H and O–H groups in total. The molecule has 1 unspecified atom stereocenters. The average molecular weight is 171 g/mol. The maximum atomic E-state index is 5.51. The predicted molar refractivity (Wildman–Crippen MR) is 53.1 cm³/mol. The summed E-state index contributed by atoms with van der Waals surface area (Å²) in [6.07, 6.45) is 7.62. The highest BCUT2D eigenvalue weighted by molar-refractivity contribution is 4.88. The summed E-state index contributed by atoms with van der Waals surface area (Å²) >= 11 is 0. The van der Waals surface area contributed by atoms with Crippen LogP contribution in [0.1, 0.15) is 33.1 Å². The quantitative estimate of drug-likeness (QED) is 0.470. The molecule has 0 aliphatic rings. The minimum Gasteiger partial charge on any atom is -0.377 e. The van der Waals surface area contributed by atoms with Gasteiger partial charge < -0.3 is 10.5 Å². The fraction of sp³-hybridized carbons (Fsp3) is 0.800. The Hall–Kier alpha value is -0.340. The topological polar surface area (TPSA) is 35.2 Å². The number of hydrogen-bond donors (Lipinski definition) is 1. The largest absolute Gasteiger partial charge is 0.377 e. The van der Waals surface area contributed by atoms with Gasteiger partial charge in [0.2, 0.25) is 0 Å². The Kier molecular flexibility index (Phi) is 8.51. The van der Waals surface area contributed by atoms with Crippen LogP contribution in [0.2, 0.25) is 0 Å². The van der Waals surface area contributed by atoms with Gasteiger partial charge in [0.15, 0.2) is 0 Å². The predicted octanol–water partition coefficient (Wildman–Crippen LogP) is 2.10. The van der Waals surface area contributed by atoms with E-state index in [1.807, 2.05) is 19.1 Å². The molecular weight excluding hydrogens is 150 g/mol. The molecule has 12 heavy (non-hydrogen) atoms. The lowest BCUT2D eigenvalue weighted by atomic mass is 10.3. The number of rotatable bonds is 7. The van der Waals surface area contributed by atoms with Gasteiger partial charge in [-0.3, -0.25) is 0 Å². The van der Waals surface area contributed by atoms with Crippen LogP contribution in [0.3, 0.4) is 0 Å². The van der Waals surface area contributed by atoms with E-state index in [0.29, 0.717) is 6.61 Å². The van der Waals surface area contributed by atoms with Crippen LogP contribution >= 0.6 is 0 Å². The van der Waals surface area contributed by atoms with Crippen LogP contribution in [0, 0.1) is 0 Å². The van der Waals surface area contributed by atoms with Gasteiger partial charge in [0.25, 0.3) is 0 Å². The summed E-state index contributed by atoms with van der Waals surface area (Å²) in [7, 11) is 0. The molecule has 72 valence electrons. The Morgan fingerprint density at radius 3 is 2.75 bits per heavy atom. The van der Waals surface area contributed by atoms with Crippen molar-refractivity contribution in [2.45, 2.75) is 39.2 Å². The summed E-state index contributed by atoms with van der Waals surface area (Å²) in [5.74, 6) is 0. The highest BCUT2D eigenvalue weighted by atomic mass is 16.5. The van der Waals surface area contributed by atoms with Crippen molar-refractivity contribution in [3.63, 3.8) is 0 Å². The summed E-state index contributed by atoms with van der Waals surface area (Å²) in [4.78, 5) is 0. The highest BCUT2D eigenvalue weighted by Crippen LogP contribution is 1.93. The molecule has 0 fully saturated rings. The van der Waals surface area contributed by atoms with Crippen molar-refractivity contribution in [3.05, 3.63) is 12.2 Å². The first kappa shape index (κ1) is 11.7. The number of unbranched alkanes of at least 4 members (excludes halogenated alkanes) is 2. The van der Waals surface area contributed by atoms with Crippen LogP contribution in [0.4, 0.5) is 0 Å².